The third kappa shape index (κ3) is 2.62. The van der Waals surface area contributed by atoms with Crippen LogP contribution in [0.25, 0.3) is 0 Å². The number of carbonyl (C=O) groups is 1. The molecule has 0 aromatic heterocycles. The van der Waals surface area contributed by atoms with Gasteiger partial charge in [0.15, 0.2) is 0 Å². The standard InChI is InChI=1S/C14H24F2N2O2/c1-12(2,3)20-11(19)18-7-5-4-6-10(18)13(9-17)8-14(13,15)16/h10H,4-9,17H2,1-3H3. The molecule has 1 aliphatic carbocycles. The fraction of sp³-hybridized carbons (Fsp3) is 0.929. The van der Waals surface area contributed by atoms with E-state index in [-0.39, 0.29) is 13.0 Å². The van der Waals surface area contributed by atoms with Crippen molar-refractivity contribution >= 4 is 6.09 Å². The molecular weight excluding hydrogens is 266 g/mol. The fourth-order valence-electron chi connectivity index (χ4n) is 3.12. The van der Waals surface area contributed by atoms with E-state index in [9.17, 15) is 13.6 Å². The van der Waals surface area contributed by atoms with E-state index in [1.807, 2.05) is 0 Å². The predicted octanol–water partition coefficient (Wildman–Crippen LogP) is 2.76. The summed E-state index contributed by atoms with van der Waals surface area (Å²) in [7, 11) is 0. The van der Waals surface area contributed by atoms with Gasteiger partial charge in [-0.2, -0.15) is 0 Å². The van der Waals surface area contributed by atoms with Crippen LogP contribution < -0.4 is 5.73 Å². The Kier molecular flexibility index (Phi) is 3.73. The van der Waals surface area contributed by atoms with Crippen LogP contribution >= 0.6 is 0 Å². The summed E-state index contributed by atoms with van der Waals surface area (Å²) in [5.74, 6) is -2.76. The molecule has 2 atom stereocenters. The van der Waals surface area contributed by atoms with Gasteiger partial charge in [0.1, 0.15) is 5.60 Å². The Morgan fingerprint density at radius 3 is 2.45 bits per heavy atom. The number of nitrogens with two attached hydrogens (primary N) is 1. The summed E-state index contributed by atoms with van der Waals surface area (Å²) in [5.41, 5.74) is 3.74. The Bertz CT molecular complexity index is 395. The fourth-order valence-corrected chi connectivity index (χ4v) is 3.12. The lowest BCUT2D eigenvalue weighted by Crippen LogP contribution is -2.53. The molecule has 4 nitrogen and oxygen atoms in total. The van der Waals surface area contributed by atoms with Crippen molar-refractivity contribution < 1.29 is 18.3 Å². The second kappa shape index (κ2) is 4.83. The first-order valence-corrected chi connectivity index (χ1v) is 7.20. The molecule has 0 aromatic rings. The molecule has 1 amide bonds. The lowest BCUT2D eigenvalue weighted by molar-refractivity contribution is -0.0224. The normalized spacial score (nSPS) is 32.9. The zero-order valence-corrected chi connectivity index (χ0v) is 12.4. The first-order chi connectivity index (χ1) is 9.13. The van der Waals surface area contributed by atoms with E-state index in [1.54, 1.807) is 20.8 Å². The maximum Gasteiger partial charge on any atom is 0.410 e. The number of amides is 1. The molecule has 0 radical (unpaired) electrons. The number of alkyl halides is 2. The van der Waals surface area contributed by atoms with Crippen molar-refractivity contribution in [2.75, 3.05) is 13.1 Å². The highest BCUT2D eigenvalue weighted by molar-refractivity contribution is 5.69. The average molecular weight is 290 g/mol. The molecular formula is C14H24F2N2O2. The van der Waals surface area contributed by atoms with Crippen LogP contribution in [-0.4, -0.2) is 41.6 Å². The molecule has 116 valence electrons. The largest absolute Gasteiger partial charge is 0.444 e. The minimum atomic E-state index is -2.76. The van der Waals surface area contributed by atoms with Crippen LogP contribution in [0.1, 0.15) is 46.5 Å². The molecule has 6 heteroatoms. The summed E-state index contributed by atoms with van der Waals surface area (Å²) >= 11 is 0. The van der Waals surface area contributed by atoms with Crippen LogP contribution in [-0.2, 0) is 4.74 Å². The number of carbonyl (C=O) groups excluding carboxylic acids is 1. The van der Waals surface area contributed by atoms with Gasteiger partial charge in [0.25, 0.3) is 5.92 Å². The van der Waals surface area contributed by atoms with Crippen LogP contribution in [0, 0.1) is 5.41 Å². The number of hydrogen-bond acceptors (Lipinski definition) is 3. The quantitative estimate of drug-likeness (QED) is 0.850. The number of rotatable bonds is 2. The van der Waals surface area contributed by atoms with Crippen LogP contribution in [0.3, 0.4) is 0 Å². The van der Waals surface area contributed by atoms with Gasteiger partial charge < -0.3 is 15.4 Å². The maximum atomic E-state index is 13.8. The molecule has 2 unspecified atom stereocenters. The average Bonchev–Trinajstić information content (AvgIpc) is 2.91. The highest BCUT2D eigenvalue weighted by Gasteiger charge is 2.74. The molecule has 1 saturated carbocycles. The van der Waals surface area contributed by atoms with E-state index < -0.39 is 29.1 Å². The van der Waals surface area contributed by atoms with Crippen molar-refractivity contribution in [3.8, 4) is 0 Å². The molecule has 1 heterocycles. The molecule has 1 aliphatic heterocycles. The van der Waals surface area contributed by atoms with Gasteiger partial charge in [-0.3, -0.25) is 0 Å². The zero-order chi connectivity index (χ0) is 15.2. The Balaban J connectivity index is 2.16. The smallest absolute Gasteiger partial charge is 0.410 e. The Hall–Kier alpha value is -0.910. The van der Waals surface area contributed by atoms with Crippen LogP contribution in [0.15, 0.2) is 0 Å². The second-order valence-corrected chi connectivity index (χ2v) is 6.93. The Morgan fingerprint density at radius 1 is 1.40 bits per heavy atom. The van der Waals surface area contributed by atoms with Gasteiger partial charge in [0.2, 0.25) is 0 Å². The van der Waals surface area contributed by atoms with Crippen LogP contribution in [0.4, 0.5) is 13.6 Å². The number of piperidine rings is 1. The highest BCUT2D eigenvalue weighted by Crippen LogP contribution is 2.64. The summed E-state index contributed by atoms with van der Waals surface area (Å²) in [6, 6.07) is -0.508. The third-order valence-electron chi connectivity index (χ3n) is 4.27. The number of likely N-dealkylation sites (tertiary alicyclic amines) is 1. The lowest BCUT2D eigenvalue weighted by atomic mass is 9.87. The molecule has 2 fully saturated rings. The van der Waals surface area contributed by atoms with Crippen LogP contribution in [0.2, 0.25) is 0 Å². The molecule has 20 heavy (non-hydrogen) atoms. The van der Waals surface area contributed by atoms with Gasteiger partial charge >= 0.3 is 6.09 Å². The van der Waals surface area contributed by atoms with Crippen molar-refractivity contribution in [2.45, 2.75) is 64.0 Å². The number of nitrogens with zero attached hydrogens (tertiary/aromatic N) is 1. The van der Waals surface area contributed by atoms with Gasteiger partial charge in [0, 0.05) is 25.6 Å². The minimum Gasteiger partial charge on any atom is -0.444 e. The lowest BCUT2D eigenvalue weighted by Gasteiger charge is -2.40. The predicted molar refractivity (Wildman–Crippen MR) is 71.6 cm³/mol. The van der Waals surface area contributed by atoms with E-state index in [1.165, 1.54) is 4.90 Å². The number of ether oxygens (including phenoxy) is 1. The minimum absolute atomic E-state index is 0.0933. The van der Waals surface area contributed by atoms with E-state index in [0.717, 1.165) is 12.8 Å². The summed E-state index contributed by atoms with van der Waals surface area (Å²) in [4.78, 5) is 13.7. The van der Waals surface area contributed by atoms with E-state index in [2.05, 4.69) is 0 Å². The molecule has 2 N–H and O–H groups in total. The summed E-state index contributed by atoms with van der Waals surface area (Å²) in [5, 5.41) is 0. The molecule has 2 aliphatic rings. The van der Waals surface area contributed by atoms with Crippen molar-refractivity contribution in [1.29, 1.82) is 0 Å². The molecule has 0 spiro atoms. The molecule has 0 aromatic carbocycles. The number of halogens is 2. The first-order valence-electron chi connectivity index (χ1n) is 7.20. The molecule has 1 saturated heterocycles. The van der Waals surface area contributed by atoms with Crippen molar-refractivity contribution in [2.24, 2.45) is 11.1 Å². The summed E-state index contributed by atoms with van der Waals surface area (Å²) in [6.07, 6.45) is 1.52. The summed E-state index contributed by atoms with van der Waals surface area (Å²) in [6.45, 7) is 5.69. The topological polar surface area (TPSA) is 55.6 Å². The SMILES string of the molecule is CC(C)(C)OC(=O)N1CCCCC1C1(CN)CC1(F)F. The van der Waals surface area contributed by atoms with Gasteiger partial charge in [-0.15, -0.1) is 0 Å². The van der Waals surface area contributed by atoms with Gasteiger partial charge in [-0.25, -0.2) is 13.6 Å². The second-order valence-electron chi connectivity index (χ2n) is 6.93. The van der Waals surface area contributed by atoms with Gasteiger partial charge in [0.05, 0.1) is 5.41 Å². The van der Waals surface area contributed by atoms with E-state index in [4.69, 9.17) is 10.5 Å². The van der Waals surface area contributed by atoms with Gasteiger partial charge in [-0.1, -0.05) is 0 Å². The Labute approximate surface area is 118 Å². The van der Waals surface area contributed by atoms with E-state index >= 15 is 0 Å². The maximum absolute atomic E-state index is 13.8. The monoisotopic (exact) mass is 290 g/mol. The summed E-state index contributed by atoms with van der Waals surface area (Å²) < 4.78 is 32.8. The van der Waals surface area contributed by atoms with Gasteiger partial charge in [-0.05, 0) is 40.0 Å². The zero-order valence-electron chi connectivity index (χ0n) is 12.4. The molecule has 2 rings (SSSR count). The van der Waals surface area contributed by atoms with Crippen molar-refractivity contribution in [1.82, 2.24) is 4.90 Å². The van der Waals surface area contributed by atoms with E-state index in [0.29, 0.717) is 13.0 Å². The van der Waals surface area contributed by atoms with Crippen molar-refractivity contribution in [3.05, 3.63) is 0 Å². The van der Waals surface area contributed by atoms with Crippen LogP contribution in [0.5, 0.6) is 0 Å². The van der Waals surface area contributed by atoms with Crippen molar-refractivity contribution in [3.63, 3.8) is 0 Å². The molecule has 0 bridgehead atoms. The third-order valence-corrected chi connectivity index (χ3v) is 4.27. The first kappa shape index (κ1) is 15.5. The Morgan fingerprint density at radius 2 is 2.00 bits per heavy atom. The highest BCUT2D eigenvalue weighted by atomic mass is 19.3. The number of hydrogen-bond donors (Lipinski definition) is 1.